The fraction of sp³-hybridized carbons (Fsp3) is 0.750. The Balaban J connectivity index is 2.67. The molecule has 0 aromatic rings. The van der Waals surface area contributed by atoms with Gasteiger partial charge in [0.1, 0.15) is 6.04 Å². The van der Waals surface area contributed by atoms with Crippen molar-refractivity contribution in [2.24, 2.45) is 0 Å². The van der Waals surface area contributed by atoms with Crippen molar-refractivity contribution in [2.75, 3.05) is 18.4 Å². The molecule has 2 amide bonds. The minimum atomic E-state index is -0.768. The number of hydrogen-bond acceptors (Lipinski definition) is 4. The van der Waals surface area contributed by atoms with Crippen molar-refractivity contribution < 1.29 is 19.1 Å². The van der Waals surface area contributed by atoms with Crippen molar-refractivity contribution >= 4 is 33.7 Å². The molecule has 0 spiro atoms. The summed E-state index contributed by atoms with van der Waals surface area (Å²) in [5.74, 6) is -0.957. The standard InChI is InChI=1S/C12H19BrN2O4/c1-3-8(2)19-11(17)6-9-12(18)14-4-5-15(9)10(16)7-13/h8-9H,3-7H2,1-2H3,(H,14,18). The van der Waals surface area contributed by atoms with Crippen LogP contribution in [0.15, 0.2) is 0 Å². The van der Waals surface area contributed by atoms with Crippen molar-refractivity contribution in [1.82, 2.24) is 10.2 Å². The number of rotatable bonds is 5. The first-order chi connectivity index (χ1) is 8.99. The molecule has 19 heavy (non-hydrogen) atoms. The zero-order valence-corrected chi connectivity index (χ0v) is 12.7. The lowest BCUT2D eigenvalue weighted by Gasteiger charge is -2.34. The maximum Gasteiger partial charge on any atom is 0.308 e. The number of nitrogens with zero attached hydrogens (tertiary/aromatic N) is 1. The van der Waals surface area contributed by atoms with Gasteiger partial charge in [-0.15, -0.1) is 0 Å². The number of alkyl halides is 1. The van der Waals surface area contributed by atoms with Gasteiger partial charge >= 0.3 is 5.97 Å². The molecular formula is C12H19BrN2O4. The third kappa shape index (κ3) is 4.49. The Morgan fingerprint density at radius 3 is 2.84 bits per heavy atom. The van der Waals surface area contributed by atoms with E-state index in [4.69, 9.17) is 4.74 Å². The molecule has 0 radical (unpaired) electrons. The van der Waals surface area contributed by atoms with Gasteiger partial charge in [0.15, 0.2) is 0 Å². The van der Waals surface area contributed by atoms with E-state index in [1.54, 1.807) is 6.92 Å². The molecule has 0 aromatic heterocycles. The van der Waals surface area contributed by atoms with Crippen molar-refractivity contribution in [2.45, 2.75) is 38.8 Å². The molecule has 0 saturated carbocycles. The van der Waals surface area contributed by atoms with Gasteiger partial charge in [-0.2, -0.15) is 0 Å². The molecule has 1 N–H and O–H groups in total. The summed E-state index contributed by atoms with van der Waals surface area (Å²) < 4.78 is 5.14. The summed E-state index contributed by atoms with van der Waals surface area (Å²) in [7, 11) is 0. The molecule has 0 aliphatic carbocycles. The molecule has 1 aliphatic rings. The van der Waals surface area contributed by atoms with Crippen molar-refractivity contribution in [1.29, 1.82) is 0 Å². The summed E-state index contributed by atoms with van der Waals surface area (Å²) >= 11 is 3.08. The second-order valence-electron chi connectivity index (χ2n) is 4.44. The number of esters is 1. The van der Waals surface area contributed by atoms with E-state index < -0.39 is 12.0 Å². The van der Waals surface area contributed by atoms with Crippen LogP contribution in [0, 0.1) is 0 Å². The Labute approximate surface area is 121 Å². The first kappa shape index (κ1) is 15.9. The maximum absolute atomic E-state index is 11.8. The topological polar surface area (TPSA) is 75.7 Å². The molecular weight excluding hydrogens is 316 g/mol. The molecule has 2 atom stereocenters. The van der Waals surface area contributed by atoms with E-state index in [1.807, 2.05) is 6.92 Å². The highest BCUT2D eigenvalue weighted by atomic mass is 79.9. The largest absolute Gasteiger partial charge is 0.463 e. The molecule has 1 heterocycles. The van der Waals surface area contributed by atoms with Gasteiger partial charge in [0, 0.05) is 13.1 Å². The Morgan fingerprint density at radius 1 is 1.58 bits per heavy atom. The van der Waals surface area contributed by atoms with E-state index in [0.29, 0.717) is 19.5 Å². The smallest absolute Gasteiger partial charge is 0.308 e. The minimum absolute atomic E-state index is 0.102. The first-order valence-corrected chi connectivity index (χ1v) is 7.44. The predicted octanol–water partition coefficient (Wildman–Crippen LogP) is 0.440. The van der Waals surface area contributed by atoms with Crippen LogP contribution in [0.4, 0.5) is 0 Å². The summed E-state index contributed by atoms with van der Waals surface area (Å²) in [4.78, 5) is 36.7. The van der Waals surface area contributed by atoms with E-state index in [-0.39, 0.29) is 29.7 Å². The van der Waals surface area contributed by atoms with Crippen LogP contribution in [-0.2, 0) is 19.1 Å². The zero-order valence-electron chi connectivity index (χ0n) is 11.1. The maximum atomic E-state index is 11.8. The third-order valence-electron chi connectivity index (χ3n) is 3.03. The quantitative estimate of drug-likeness (QED) is 0.584. The molecule has 1 aliphatic heterocycles. The second kappa shape index (κ2) is 7.47. The van der Waals surface area contributed by atoms with Crippen molar-refractivity contribution in [3.8, 4) is 0 Å². The number of halogens is 1. The number of nitrogens with one attached hydrogen (secondary N) is 1. The van der Waals surface area contributed by atoms with Crippen molar-refractivity contribution in [3.05, 3.63) is 0 Å². The van der Waals surface area contributed by atoms with Crippen LogP contribution < -0.4 is 5.32 Å². The van der Waals surface area contributed by atoms with Gasteiger partial charge in [0.2, 0.25) is 11.8 Å². The highest BCUT2D eigenvalue weighted by Gasteiger charge is 2.34. The van der Waals surface area contributed by atoms with E-state index in [1.165, 1.54) is 4.90 Å². The lowest BCUT2D eigenvalue weighted by molar-refractivity contribution is -0.154. The summed E-state index contributed by atoms with van der Waals surface area (Å²) in [5.41, 5.74) is 0. The number of ether oxygens (including phenoxy) is 1. The number of carbonyl (C=O) groups excluding carboxylic acids is 3. The minimum Gasteiger partial charge on any atom is -0.463 e. The van der Waals surface area contributed by atoms with Crippen LogP contribution >= 0.6 is 15.9 Å². The number of hydrogen-bond donors (Lipinski definition) is 1. The molecule has 2 unspecified atom stereocenters. The van der Waals surface area contributed by atoms with Crippen LogP contribution in [0.3, 0.4) is 0 Å². The summed E-state index contributed by atoms with van der Waals surface area (Å²) in [6.45, 7) is 4.53. The highest BCUT2D eigenvalue weighted by Crippen LogP contribution is 2.12. The van der Waals surface area contributed by atoms with Crippen LogP contribution in [0.2, 0.25) is 0 Å². The van der Waals surface area contributed by atoms with Gasteiger partial charge in [-0.3, -0.25) is 14.4 Å². The monoisotopic (exact) mass is 334 g/mol. The summed E-state index contributed by atoms with van der Waals surface area (Å²) in [5, 5.41) is 2.79. The number of amides is 2. The molecule has 0 aromatic carbocycles. The number of carbonyl (C=O) groups is 3. The van der Waals surface area contributed by atoms with Gasteiger partial charge in [0.25, 0.3) is 0 Å². The van der Waals surface area contributed by atoms with E-state index in [2.05, 4.69) is 21.2 Å². The Hall–Kier alpha value is -1.11. The Bertz CT molecular complexity index is 362. The molecule has 1 fully saturated rings. The Kier molecular flexibility index (Phi) is 6.27. The third-order valence-corrected chi connectivity index (χ3v) is 3.51. The molecule has 1 rings (SSSR count). The lowest BCUT2D eigenvalue weighted by Crippen LogP contribution is -2.58. The summed E-state index contributed by atoms with van der Waals surface area (Å²) in [6, 6.07) is -0.768. The van der Waals surface area contributed by atoms with Gasteiger partial charge in [0.05, 0.1) is 17.9 Å². The van der Waals surface area contributed by atoms with Crippen LogP contribution in [-0.4, -0.2) is 53.2 Å². The fourth-order valence-electron chi connectivity index (χ4n) is 1.81. The molecule has 7 heteroatoms. The lowest BCUT2D eigenvalue weighted by atomic mass is 10.1. The Morgan fingerprint density at radius 2 is 2.26 bits per heavy atom. The first-order valence-electron chi connectivity index (χ1n) is 6.32. The van der Waals surface area contributed by atoms with Gasteiger partial charge in [-0.25, -0.2) is 0 Å². The normalized spacial score (nSPS) is 20.7. The highest BCUT2D eigenvalue weighted by molar-refractivity contribution is 9.09. The van der Waals surface area contributed by atoms with Gasteiger partial charge in [-0.05, 0) is 13.3 Å². The van der Waals surface area contributed by atoms with Crippen LogP contribution in [0.25, 0.3) is 0 Å². The molecule has 1 saturated heterocycles. The van der Waals surface area contributed by atoms with E-state index >= 15 is 0 Å². The predicted molar refractivity (Wildman–Crippen MR) is 72.8 cm³/mol. The molecule has 108 valence electrons. The second-order valence-corrected chi connectivity index (χ2v) is 5.00. The summed E-state index contributed by atoms with van der Waals surface area (Å²) in [6.07, 6.45) is 0.432. The zero-order chi connectivity index (χ0) is 14.4. The van der Waals surface area contributed by atoms with Crippen LogP contribution in [0.1, 0.15) is 26.7 Å². The average molecular weight is 335 g/mol. The average Bonchev–Trinajstić information content (AvgIpc) is 2.39. The SMILES string of the molecule is CCC(C)OC(=O)CC1C(=O)NCCN1C(=O)CBr. The fourth-order valence-corrected chi connectivity index (χ4v) is 2.13. The van der Waals surface area contributed by atoms with E-state index in [0.717, 1.165) is 0 Å². The van der Waals surface area contributed by atoms with Crippen LogP contribution in [0.5, 0.6) is 0 Å². The molecule has 0 bridgehead atoms. The van der Waals surface area contributed by atoms with Crippen molar-refractivity contribution in [3.63, 3.8) is 0 Å². The van der Waals surface area contributed by atoms with Gasteiger partial charge < -0.3 is 15.0 Å². The number of piperazine rings is 1. The van der Waals surface area contributed by atoms with E-state index in [9.17, 15) is 14.4 Å². The molecule has 6 nitrogen and oxygen atoms in total. The van der Waals surface area contributed by atoms with Gasteiger partial charge in [-0.1, -0.05) is 22.9 Å².